The highest BCUT2D eigenvalue weighted by molar-refractivity contribution is 5.81. The van der Waals surface area contributed by atoms with Crippen LogP contribution in [0.5, 0.6) is 5.75 Å². The highest BCUT2D eigenvalue weighted by atomic mass is 16.5. The molecule has 0 saturated heterocycles. The zero-order valence-corrected chi connectivity index (χ0v) is 19.3. The van der Waals surface area contributed by atoms with Gasteiger partial charge in [-0.05, 0) is 37.5 Å². The molecule has 30 heavy (non-hydrogen) atoms. The van der Waals surface area contributed by atoms with Crippen molar-refractivity contribution in [2.75, 3.05) is 6.61 Å². The Morgan fingerprint density at radius 2 is 1.30 bits per heavy atom. The molecule has 1 aromatic carbocycles. The number of hydrogen-bond donors (Lipinski definition) is 0. The highest BCUT2D eigenvalue weighted by Gasteiger charge is 2.07. The first-order chi connectivity index (χ1) is 14.7. The van der Waals surface area contributed by atoms with Gasteiger partial charge < -0.3 is 9.15 Å². The summed E-state index contributed by atoms with van der Waals surface area (Å²) in [6.45, 7) is 4.83. The Labute approximate surface area is 183 Å². The largest absolute Gasteiger partial charge is 0.494 e. The number of aryl methyl sites for hydroxylation is 1. The molecule has 168 valence electrons. The predicted molar refractivity (Wildman–Crippen MR) is 128 cm³/mol. The van der Waals surface area contributed by atoms with Crippen molar-refractivity contribution < 1.29 is 9.15 Å². The van der Waals surface area contributed by atoms with Crippen LogP contribution in [-0.2, 0) is 6.42 Å². The molecule has 0 fully saturated rings. The van der Waals surface area contributed by atoms with Crippen LogP contribution in [0.25, 0.3) is 11.0 Å². The maximum Gasteiger partial charge on any atom is 0.336 e. The lowest BCUT2D eigenvalue weighted by atomic mass is 10.0. The maximum absolute atomic E-state index is 11.9. The van der Waals surface area contributed by atoms with Crippen molar-refractivity contribution in [2.45, 2.75) is 110 Å². The molecule has 0 unspecified atom stereocenters. The molecule has 0 amide bonds. The summed E-state index contributed by atoms with van der Waals surface area (Å²) in [6, 6.07) is 7.46. The minimum Gasteiger partial charge on any atom is -0.494 e. The Balaban J connectivity index is 1.58. The second-order valence-electron chi connectivity index (χ2n) is 8.53. The third-order valence-electron chi connectivity index (χ3n) is 5.91. The average Bonchev–Trinajstić information content (AvgIpc) is 2.73. The molecule has 0 aliphatic heterocycles. The summed E-state index contributed by atoms with van der Waals surface area (Å²) in [5.74, 6) is 0.752. The first-order valence-electron chi connectivity index (χ1n) is 12.4. The summed E-state index contributed by atoms with van der Waals surface area (Å²) in [6.07, 6.45) is 20.0. The lowest BCUT2D eigenvalue weighted by Gasteiger charge is -2.08. The zero-order chi connectivity index (χ0) is 21.4. The van der Waals surface area contributed by atoms with Gasteiger partial charge in [0, 0.05) is 17.5 Å². The van der Waals surface area contributed by atoms with Crippen LogP contribution in [0.2, 0.25) is 0 Å². The number of ether oxygens (including phenoxy) is 1. The summed E-state index contributed by atoms with van der Waals surface area (Å²) < 4.78 is 10.9. The smallest absolute Gasteiger partial charge is 0.336 e. The molecule has 1 heterocycles. The van der Waals surface area contributed by atoms with Gasteiger partial charge in [-0.15, -0.1) is 0 Å². The van der Waals surface area contributed by atoms with Crippen molar-refractivity contribution in [1.29, 1.82) is 0 Å². The second-order valence-corrected chi connectivity index (χ2v) is 8.53. The Morgan fingerprint density at radius 1 is 0.733 bits per heavy atom. The fourth-order valence-electron chi connectivity index (χ4n) is 4.18. The molecule has 0 bridgehead atoms. The monoisotopic (exact) mass is 414 g/mol. The Kier molecular flexibility index (Phi) is 12.3. The molecule has 3 heteroatoms. The van der Waals surface area contributed by atoms with E-state index in [1.54, 1.807) is 6.07 Å². The van der Waals surface area contributed by atoms with Crippen LogP contribution in [0.15, 0.2) is 33.5 Å². The average molecular weight is 415 g/mol. The van der Waals surface area contributed by atoms with Gasteiger partial charge in [0.2, 0.25) is 0 Å². The highest BCUT2D eigenvalue weighted by Crippen LogP contribution is 2.24. The van der Waals surface area contributed by atoms with E-state index in [9.17, 15) is 4.79 Å². The molecule has 0 saturated carbocycles. The molecular weight excluding hydrogens is 372 g/mol. The van der Waals surface area contributed by atoms with Gasteiger partial charge in [0.15, 0.2) is 0 Å². The summed E-state index contributed by atoms with van der Waals surface area (Å²) in [4.78, 5) is 11.9. The van der Waals surface area contributed by atoms with Gasteiger partial charge in [-0.25, -0.2) is 4.79 Å². The van der Waals surface area contributed by atoms with Gasteiger partial charge in [-0.2, -0.15) is 0 Å². The lowest BCUT2D eigenvalue weighted by molar-refractivity contribution is 0.340. The third kappa shape index (κ3) is 9.36. The quantitative estimate of drug-likeness (QED) is 0.193. The maximum atomic E-state index is 11.9. The second kappa shape index (κ2) is 15.1. The van der Waals surface area contributed by atoms with Crippen molar-refractivity contribution in [2.24, 2.45) is 0 Å². The van der Waals surface area contributed by atoms with Crippen molar-refractivity contribution in [3.05, 3.63) is 40.2 Å². The molecule has 0 N–H and O–H groups in total. The van der Waals surface area contributed by atoms with E-state index in [1.165, 1.54) is 83.5 Å². The minimum atomic E-state index is -0.267. The van der Waals surface area contributed by atoms with E-state index in [0.717, 1.165) is 29.5 Å². The van der Waals surface area contributed by atoms with E-state index >= 15 is 0 Å². The summed E-state index contributed by atoms with van der Waals surface area (Å²) >= 11 is 0. The molecule has 1 aromatic heterocycles. The fourth-order valence-corrected chi connectivity index (χ4v) is 4.18. The molecule has 2 rings (SSSR count). The van der Waals surface area contributed by atoms with Crippen molar-refractivity contribution >= 4 is 11.0 Å². The number of hydrogen-bond acceptors (Lipinski definition) is 3. The normalized spacial score (nSPS) is 11.3. The van der Waals surface area contributed by atoms with Crippen LogP contribution < -0.4 is 10.4 Å². The summed E-state index contributed by atoms with van der Waals surface area (Å²) in [7, 11) is 0. The van der Waals surface area contributed by atoms with Gasteiger partial charge in [-0.3, -0.25) is 0 Å². The predicted octanol–water partition coefficient (Wildman–Crippen LogP) is 8.22. The van der Waals surface area contributed by atoms with Crippen molar-refractivity contribution in [1.82, 2.24) is 0 Å². The Hall–Kier alpha value is -1.77. The van der Waals surface area contributed by atoms with Crippen molar-refractivity contribution in [3.63, 3.8) is 0 Å². The molecule has 0 radical (unpaired) electrons. The first kappa shape index (κ1) is 24.5. The third-order valence-corrected chi connectivity index (χ3v) is 5.91. The van der Waals surface area contributed by atoms with E-state index in [-0.39, 0.29) is 5.63 Å². The van der Waals surface area contributed by atoms with Crippen LogP contribution in [0.3, 0.4) is 0 Å². The van der Waals surface area contributed by atoms with E-state index in [0.29, 0.717) is 12.2 Å². The van der Waals surface area contributed by atoms with Crippen LogP contribution in [-0.4, -0.2) is 6.61 Å². The summed E-state index contributed by atoms with van der Waals surface area (Å²) in [5, 5.41) is 1.03. The topological polar surface area (TPSA) is 39.4 Å². The van der Waals surface area contributed by atoms with E-state index in [4.69, 9.17) is 9.15 Å². The molecule has 0 spiro atoms. The van der Waals surface area contributed by atoms with Gasteiger partial charge in [0.05, 0.1) is 6.61 Å². The molecule has 0 aliphatic rings. The molecular formula is C27H42O3. The lowest BCUT2D eigenvalue weighted by Crippen LogP contribution is -2.01. The Morgan fingerprint density at radius 3 is 1.87 bits per heavy atom. The number of benzene rings is 1. The minimum absolute atomic E-state index is 0.267. The Bertz CT molecular complexity index is 762. The van der Waals surface area contributed by atoms with Gasteiger partial charge in [-0.1, -0.05) is 90.4 Å². The van der Waals surface area contributed by atoms with Crippen LogP contribution in [0.1, 0.15) is 109 Å². The fraction of sp³-hybridized carbons (Fsp3) is 0.667. The molecule has 3 nitrogen and oxygen atoms in total. The van der Waals surface area contributed by atoms with Crippen LogP contribution >= 0.6 is 0 Å². The van der Waals surface area contributed by atoms with Gasteiger partial charge >= 0.3 is 5.63 Å². The molecule has 0 aliphatic carbocycles. The summed E-state index contributed by atoms with van der Waals surface area (Å²) in [5.41, 5.74) is 1.47. The van der Waals surface area contributed by atoms with Crippen LogP contribution in [0, 0.1) is 0 Å². The first-order valence-corrected chi connectivity index (χ1v) is 12.4. The van der Waals surface area contributed by atoms with E-state index in [1.807, 2.05) is 25.1 Å². The van der Waals surface area contributed by atoms with E-state index < -0.39 is 0 Å². The van der Waals surface area contributed by atoms with Crippen molar-refractivity contribution in [3.8, 4) is 5.75 Å². The molecule has 2 aromatic rings. The number of unbranched alkanes of at least 4 members (excludes halogenated alkanes) is 13. The van der Waals surface area contributed by atoms with Gasteiger partial charge in [0.1, 0.15) is 11.3 Å². The molecule has 0 atom stereocenters. The van der Waals surface area contributed by atoms with Gasteiger partial charge in [0.25, 0.3) is 0 Å². The zero-order valence-electron chi connectivity index (χ0n) is 19.3. The standard InChI is InChI=1S/C27H42O3/c1-3-5-6-7-8-9-10-11-12-13-14-15-16-17-18-23-21-27(28)30-26-22-24(29-4-2)19-20-25(23)26/h19-22H,3-18H2,1-2H3. The number of fused-ring (bicyclic) bond motifs is 1. The SMILES string of the molecule is CCCCCCCCCCCCCCCCc1cc(=O)oc2cc(OCC)ccc12. The van der Waals surface area contributed by atoms with E-state index in [2.05, 4.69) is 6.92 Å². The van der Waals surface area contributed by atoms with Crippen LogP contribution in [0.4, 0.5) is 0 Å². The number of rotatable bonds is 17.